The molecule has 8 rings (SSSR count). The second kappa shape index (κ2) is 13.0. The van der Waals surface area contributed by atoms with E-state index in [1.165, 1.54) is 58.8 Å². The molecule has 0 saturated carbocycles. The van der Waals surface area contributed by atoms with Crippen molar-refractivity contribution in [3.8, 4) is 11.1 Å². The van der Waals surface area contributed by atoms with Gasteiger partial charge in [-0.1, -0.05) is 0 Å². The van der Waals surface area contributed by atoms with Gasteiger partial charge >= 0.3 is 282 Å². The predicted molar refractivity (Wildman–Crippen MR) is 202 cm³/mol. The summed E-state index contributed by atoms with van der Waals surface area (Å²) in [5, 5.41) is 5.37. The Kier molecular flexibility index (Phi) is 8.16. The Balaban J connectivity index is 1.16. The second-order valence-corrected chi connectivity index (χ2v) is 20.6. The van der Waals surface area contributed by atoms with E-state index in [-0.39, 0.29) is 0 Å². The van der Waals surface area contributed by atoms with Gasteiger partial charge in [-0.15, -0.1) is 0 Å². The van der Waals surface area contributed by atoms with Gasteiger partial charge in [0.1, 0.15) is 0 Å². The summed E-state index contributed by atoms with van der Waals surface area (Å²) in [4.78, 5) is 0. The molecule has 0 aliphatic rings. The Morgan fingerprint density at radius 1 is 0.239 bits per heavy atom. The zero-order chi connectivity index (χ0) is 30.7. The van der Waals surface area contributed by atoms with Crippen LogP contribution in [0.3, 0.4) is 0 Å². The first-order valence-electron chi connectivity index (χ1n) is 15.7. The van der Waals surface area contributed by atoms with E-state index in [9.17, 15) is 0 Å². The van der Waals surface area contributed by atoms with Crippen molar-refractivity contribution in [1.29, 1.82) is 0 Å². The van der Waals surface area contributed by atoms with Crippen LogP contribution in [0, 0.1) is 0 Å². The Bertz CT molecular complexity index is 2070. The molecule has 2 unspecified atom stereocenters. The fourth-order valence-electron chi connectivity index (χ4n) is 6.42. The molecular formula is C44H32As2. The van der Waals surface area contributed by atoms with Crippen LogP contribution in [0.25, 0.3) is 32.7 Å². The van der Waals surface area contributed by atoms with Gasteiger partial charge in [-0.05, 0) is 0 Å². The third-order valence-corrected chi connectivity index (χ3v) is 19.1. The molecule has 0 spiro atoms. The number of hydrogen-bond acceptors (Lipinski definition) is 0. The Labute approximate surface area is 280 Å². The molecule has 46 heavy (non-hydrogen) atoms. The predicted octanol–water partition coefficient (Wildman–Crippen LogP) is 6.69. The van der Waals surface area contributed by atoms with Crippen LogP contribution in [0.2, 0.25) is 0 Å². The maximum absolute atomic E-state index is 2.39. The van der Waals surface area contributed by atoms with Crippen LogP contribution < -0.4 is 26.1 Å². The van der Waals surface area contributed by atoms with Crippen molar-refractivity contribution in [2.75, 3.05) is 0 Å². The molecule has 8 aromatic rings. The Hall–Kier alpha value is -4.60. The Morgan fingerprint density at radius 3 is 0.978 bits per heavy atom. The summed E-state index contributed by atoms with van der Waals surface area (Å²) in [5.74, 6) is 0. The third kappa shape index (κ3) is 5.65. The first-order valence-corrected chi connectivity index (χ1v) is 21.3. The van der Waals surface area contributed by atoms with Crippen LogP contribution in [-0.4, -0.2) is 29.3 Å². The molecule has 0 bridgehead atoms. The van der Waals surface area contributed by atoms with Gasteiger partial charge in [0.05, 0.1) is 0 Å². The topological polar surface area (TPSA) is 0 Å². The summed E-state index contributed by atoms with van der Waals surface area (Å²) in [5.41, 5.74) is 2.53. The van der Waals surface area contributed by atoms with Gasteiger partial charge in [0.15, 0.2) is 0 Å². The van der Waals surface area contributed by atoms with E-state index >= 15 is 0 Å². The molecule has 0 nitrogen and oxygen atoms in total. The number of fused-ring (bicyclic) bond motifs is 2. The van der Waals surface area contributed by atoms with Crippen LogP contribution in [0.5, 0.6) is 0 Å². The molecule has 0 aromatic heterocycles. The van der Waals surface area contributed by atoms with Crippen LogP contribution in [0.4, 0.5) is 0 Å². The van der Waals surface area contributed by atoms with Gasteiger partial charge in [-0.25, -0.2) is 0 Å². The monoisotopic (exact) mass is 710 g/mol. The second-order valence-electron chi connectivity index (χ2n) is 11.4. The molecule has 0 amide bonds. The average Bonchev–Trinajstić information content (AvgIpc) is 3.14. The third-order valence-electron chi connectivity index (χ3n) is 8.63. The van der Waals surface area contributed by atoms with E-state index in [2.05, 4.69) is 194 Å². The molecule has 218 valence electrons. The summed E-state index contributed by atoms with van der Waals surface area (Å²) in [6, 6.07) is 72.4. The maximum atomic E-state index is 2.39. The molecule has 0 saturated heterocycles. The van der Waals surface area contributed by atoms with E-state index < -0.39 is 29.3 Å². The van der Waals surface area contributed by atoms with Gasteiger partial charge in [-0.2, -0.15) is 0 Å². The molecular weight excluding hydrogens is 678 g/mol. The average molecular weight is 711 g/mol. The fraction of sp³-hybridized carbons (Fsp3) is 0. The molecule has 0 N–H and O–H groups in total. The zero-order valence-electron chi connectivity index (χ0n) is 25.4. The summed E-state index contributed by atoms with van der Waals surface area (Å²) >= 11 is -3.54. The minimum atomic E-state index is -1.77. The van der Waals surface area contributed by atoms with E-state index in [0.717, 1.165) is 0 Å². The zero-order valence-corrected chi connectivity index (χ0v) is 29.1. The molecule has 0 heterocycles. The van der Waals surface area contributed by atoms with Crippen molar-refractivity contribution < 1.29 is 0 Å². The fourth-order valence-corrected chi connectivity index (χ4v) is 16.7. The van der Waals surface area contributed by atoms with Crippen molar-refractivity contribution >= 4 is 77.0 Å². The molecule has 0 fully saturated rings. The first kappa shape index (κ1) is 28.8. The number of hydrogen-bond donors (Lipinski definition) is 0. The normalized spacial score (nSPS) is 12.6. The van der Waals surface area contributed by atoms with E-state index in [1.807, 2.05) is 0 Å². The van der Waals surface area contributed by atoms with Gasteiger partial charge in [-0.3, -0.25) is 0 Å². The van der Waals surface area contributed by atoms with Crippen LogP contribution in [0.1, 0.15) is 0 Å². The van der Waals surface area contributed by atoms with Crippen molar-refractivity contribution in [3.05, 3.63) is 194 Å². The quantitative estimate of drug-likeness (QED) is 0.162. The summed E-state index contributed by atoms with van der Waals surface area (Å²) in [6.07, 6.45) is 0. The van der Waals surface area contributed by atoms with E-state index in [1.54, 1.807) is 0 Å². The molecule has 0 aliphatic heterocycles. The van der Waals surface area contributed by atoms with Crippen LogP contribution >= 0.6 is 0 Å². The van der Waals surface area contributed by atoms with Gasteiger partial charge in [0, 0.05) is 0 Å². The molecule has 8 aromatic carbocycles. The van der Waals surface area contributed by atoms with Gasteiger partial charge in [0.2, 0.25) is 0 Å². The SMILES string of the molecule is c1ccc([As](c2ccc(-c3ccc([As](c4ccccc4)c4cccc5ccccc45)cc3)cc2)c2cccc3ccccc23)cc1. The molecule has 0 radical (unpaired) electrons. The molecule has 2 heteroatoms. The van der Waals surface area contributed by atoms with E-state index in [4.69, 9.17) is 0 Å². The van der Waals surface area contributed by atoms with Crippen LogP contribution in [-0.2, 0) is 0 Å². The standard InChI is InChI=1S/C44H32As2/c1-3-17-37(18-4-1)45(43-23-11-15-35-13-7-9-21-41(35)43)39-29-25-33(26-30-39)34-27-31-40(32-28-34)46(38-19-5-2-6-20-38)44-24-12-16-36-14-8-10-22-42(36)44/h1-32H. The summed E-state index contributed by atoms with van der Waals surface area (Å²) in [7, 11) is 0. The molecule has 0 aliphatic carbocycles. The van der Waals surface area contributed by atoms with Crippen LogP contribution in [0.15, 0.2) is 194 Å². The summed E-state index contributed by atoms with van der Waals surface area (Å²) < 4.78 is 8.77. The van der Waals surface area contributed by atoms with E-state index in [0.29, 0.717) is 0 Å². The summed E-state index contributed by atoms with van der Waals surface area (Å²) in [6.45, 7) is 0. The number of rotatable bonds is 7. The molecule has 2 atom stereocenters. The number of benzene rings is 8. The van der Waals surface area contributed by atoms with Gasteiger partial charge < -0.3 is 0 Å². The van der Waals surface area contributed by atoms with Gasteiger partial charge in [0.25, 0.3) is 0 Å². The Morgan fingerprint density at radius 2 is 0.565 bits per heavy atom. The minimum absolute atomic E-state index is 1.26. The van der Waals surface area contributed by atoms with Crippen molar-refractivity contribution in [2.24, 2.45) is 0 Å². The van der Waals surface area contributed by atoms with Crippen molar-refractivity contribution in [3.63, 3.8) is 0 Å². The first-order chi connectivity index (χ1) is 22.8. The van der Waals surface area contributed by atoms with Crippen molar-refractivity contribution in [2.45, 2.75) is 0 Å². The van der Waals surface area contributed by atoms with Crippen molar-refractivity contribution in [1.82, 2.24) is 0 Å².